The number of hydrogen-bond acceptors (Lipinski definition) is 5. The number of likely N-dealkylation sites (N-methyl/N-ethyl adjacent to an activating group) is 2. The van der Waals surface area contributed by atoms with Gasteiger partial charge in [-0.25, -0.2) is 14.3 Å². The zero-order valence-electron chi connectivity index (χ0n) is 14.8. The number of imide groups is 1. The minimum Gasteiger partial charge on any atom is -0.353 e. The summed E-state index contributed by atoms with van der Waals surface area (Å²) >= 11 is 1.30. The maximum atomic E-state index is 12.3. The van der Waals surface area contributed by atoms with Crippen LogP contribution in [0.5, 0.6) is 0 Å². The summed E-state index contributed by atoms with van der Waals surface area (Å²) in [4.78, 5) is 43.5. The van der Waals surface area contributed by atoms with Gasteiger partial charge in [-0.15, -0.1) is 4.99 Å². The van der Waals surface area contributed by atoms with Crippen molar-refractivity contribution in [1.29, 1.82) is 0 Å². The van der Waals surface area contributed by atoms with Gasteiger partial charge in [-0.1, -0.05) is 19.3 Å². The molecule has 0 bridgehead atoms. The smallest absolute Gasteiger partial charge is 0.353 e. The molecule has 2 aliphatic heterocycles. The Bertz CT molecular complexity index is 669. The zero-order valence-corrected chi connectivity index (χ0v) is 15.6. The van der Waals surface area contributed by atoms with Crippen molar-refractivity contribution >= 4 is 40.6 Å². The third kappa shape index (κ3) is 3.42. The van der Waals surface area contributed by atoms with Crippen LogP contribution in [0.1, 0.15) is 32.1 Å². The summed E-state index contributed by atoms with van der Waals surface area (Å²) in [5.74, 6) is 0.442. The fraction of sp³-hybridized carbons (Fsp3) is 0.688. The Morgan fingerprint density at radius 2 is 1.92 bits per heavy atom. The average molecular weight is 366 g/mol. The molecule has 1 unspecified atom stereocenters. The molecule has 3 aliphatic rings. The highest BCUT2D eigenvalue weighted by Crippen LogP contribution is 2.22. The first-order valence-electron chi connectivity index (χ1n) is 8.56. The molecular weight excluding hydrogens is 342 g/mol. The second-order valence-corrected chi connectivity index (χ2v) is 7.60. The topological polar surface area (TPSA) is 85.1 Å². The van der Waals surface area contributed by atoms with Gasteiger partial charge in [0, 0.05) is 13.1 Å². The Kier molecular flexibility index (Phi) is 5.12. The number of nitrogens with zero attached hydrogens (tertiary/aromatic N) is 4. The number of rotatable bonds is 3. The molecular formula is C16H24N5O3S+. The largest absolute Gasteiger partial charge is 0.388 e. The Hall–Kier alpha value is -1.90. The van der Waals surface area contributed by atoms with Gasteiger partial charge in [0.25, 0.3) is 23.0 Å². The Labute approximate surface area is 151 Å². The van der Waals surface area contributed by atoms with Gasteiger partial charge in [0.1, 0.15) is 0 Å². The van der Waals surface area contributed by atoms with E-state index in [-0.39, 0.29) is 29.6 Å². The number of carbonyl (C=O) groups is 3. The van der Waals surface area contributed by atoms with E-state index in [1.807, 2.05) is 0 Å². The van der Waals surface area contributed by atoms with Crippen LogP contribution in [0.2, 0.25) is 0 Å². The Morgan fingerprint density at radius 1 is 1.24 bits per heavy atom. The molecule has 0 spiro atoms. The molecule has 3 rings (SSSR count). The fourth-order valence-electron chi connectivity index (χ4n) is 3.49. The summed E-state index contributed by atoms with van der Waals surface area (Å²) in [7, 11) is 4.85. The zero-order chi connectivity index (χ0) is 18.1. The number of hydrogen-bond donors (Lipinski definition) is 1. The van der Waals surface area contributed by atoms with Crippen molar-refractivity contribution in [2.45, 2.75) is 44.2 Å². The van der Waals surface area contributed by atoms with Gasteiger partial charge in [-0.3, -0.25) is 14.5 Å². The van der Waals surface area contributed by atoms with Gasteiger partial charge in [-0.2, -0.15) is 0 Å². The van der Waals surface area contributed by atoms with E-state index in [9.17, 15) is 14.4 Å². The summed E-state index contributed by atoms with van der Waals surface area (Å²) in [6.07, 6.45) is 5.68. The number of amidine groups is 2. The number of thioether (sulfide) groups is 1. The molecule has 1 aliphatic carbocycles. The molecule has 8 nitrogen and oxygen atoms in total. The number of amides is 4. The van der Waals surface area contributed by atoms with Crippen molar-refractivity contribution in [2.75, 3.05) is 26.9 Å². The van der Waals surface area contributed by atoms with E-state index in [0.717, 1.165) is 17.7 Å². The molecule has 0 aromatic carbocycles. The van der Waals surface area contributed by atoms with Crippen LogP contribution < -0.4 is 5.32 Å². The maximum Gasteiger partial charge on any atom is 0.388 e. The molecule has 0 aromatic heterocycles. The van der Waals surface area contributed by atoms with Crippen LogP contribution in [0.25, 0.3) is 0 Å². The third-order valence-electron chi connectivity index (χ3n) is 4.90. The quantitative estimate of drug-likeness (QED) is 0.736. The standard InChI is InChI=1S/C16H23N5O3S/c1-19-13-12(14(23)21(3)16(24)20(13)2)18-15(19)25-9-11(22)17-10-7-5-4-6-8-10/h10,12H,4-9H2,1-3H3/p+1. The van der Waals surface area contributed by atoms with Gasteiger partial charge in [0.05, 0.1) is 19.8 Å². The SMILES string of the molecule is CN1C(=O)C2N=C(SCC(=O)NC3CCCCC3)[N+](C)=C2N(C)C1=O. The van der Waals surface area contributed by atoms with E-state index in [2.05, 4.69) is 10.3 Å². The van der Waals surface area contributed by atoms with Crippen LogP contribution >= 0.6 is 11.8 Å². The van der Waals surface area contributed by atoms with Crippen molar-refractivity contribution in [3.63, 3.8) is 0 Å². The first kappa shape index (κ1) is 17.9. The summed E-state index contributed by atoms with van der Waals surface area (Å²) in [5, 5.41) is 3.66. The monoisotopic (exact) mass is 366 g/mol. The molecule has 25 heavy (non-hydrogen) atoms. The lowest BCUT2D eigenvalue weighted by Gasteiger charge is -2.27. The maximum absolute atomic E-state index is 12.3. The number of aliphatic imine (C=N–C) groups is 1. The molecule has 0 radical (unpaired) electrons. The van der Waals surface area contributed by atoms with Crippen LogP contribution in [-0.2, 0) is 9.59 Å². The summed E-state index contributed by atoms with van der Waals surface area (Å²) in [6.45, 7) is 0. The molecule has 4 amide bonds. The molecule has 0 aromatic rings. The number of urea groups is 1. The Balaban J connectivity index is 1.63. The molecule has 2 fully saturated rings. The normalized spacial score (nSPS) is 24.6. The van der Waals surface area contributed by atoms with Crippen LogP contribution in [0.3, 0.4) is 0 Å². The van der Waals surface area contributed by atoms with Crippen molar-refractivity contribution in [2.24, 2.45) is 4.99 Å². The van der Waals surface area contributed by atoms with Crippen molar-refractivity contribution in [1.82, 2.24) is 15.1 Å². The fourth-order valence-corrected chi connectivity index (χ4v) is 4.30. The second kappa shape index (κ2) is 7.15. The highest BCUT2D eigenvalue weighted by atomic mass is 32.2. The summed E-state index contributed by atoms with van der Waals surface area (Å²) in [6, 6.07) is -0.803. The lowest BCUT2D eigenvalue weighted by atomic mass is 9.95. The van der Waals surface area contributed by atoms with Crippen LogP contribution in [0.4, 0.5) is 4.79 Å². The van der Waals surface area contributed by atoms with E-state index in [1.165, 1.54) is 43.0 Å². The van der Waals surface area contributed by atoms with Gasteiger partial charge in [0.15, 0.2) is 0 Å². The predicted molar refractivity (Wildman–Crippen MR) is 95.8 cm³/mol. The van der Waals surface area contributed by atoms with E-state index in [1.54, 1.807) is 18.7 Å². The van der Waals surface area contributed by atoms with E-state index >= 15 is 0 Å². The number of fused-ring (bicyclic) bond motifs is 1. The Morgan fingerprint density at radius 3 is 2.60 bits per heavy atom. The van der Waals surface area contributed by atoms with Crippen LogP contribution in [0, 0.1) is 0 Å². The molecule has 1 saturated carbocycles. The molecule has 1 saturated heterocycles. The predicted octanol–water partition coefficient (Wildman–Crippen LogP) is 0.471. The summed E-state index contributed by atoms with van der Waals surface area (Å²) in [5.41, 5.74) is 0. The van der Waals surface area contributed by atoms with Gasteiger partial charge in [-0.05, 0) is 24.6 Å². The van der Waals surface area contributed by atoms with Crippen LogP contribution in [-0.4, -0.2) is 82.2 Å². The summed E-state index contributed by atoms with van der Waals surface area (Å²) < 4.78 is 1.73. The first-order valence-corrected chi connectivity index (χ1v) is 9.54. The number of nitrogens with one attached hydrogen (secondary N) is 1. The molecule has 1 atom stereocenters. The molecule has 1 N–H and O–H groups in total. The minimum atomic E-state index is -0.707. The van der Waals surface area contributed by atoms with Gasteiger partial charge in [0.2, 0.25) is 5.91 Å². The lowest BCUT2D eigenvalue weighted by molar-refractivity contribution is -0.367. The minimum absolute atomic E-state index is 0.0132. The van der Waals surface area contributed by atoms with Gasteiger partial charge < -0.3 is 5.32 Å². The van der Waals surface area contributed by atoms with Crippen molar-refractivity contribution in [3.8, 4) is 0 Å². The van der Waals surface area contributed by atoms with Gasteiger partial charge >= 0.3 is 6.03 Å². The second-order valence-electron chi connectivity index (χ2n) is 6.66. The van der Waals surface area contributed by atoms with E-state index in [4.69, 9.17) is 0 Å². The first-order chi connectivity index (χ1) is 11.9. The third-order valence-corrected chi connectivity index (χ3v) is 5.94. The highest BCUT2D eigenvalue weighted by Gasteiger charge is 2.51. The van der Waals surface area contributed by atoms with Crippen LogP contribution in [0.15, 0.2) is 4.99 Å². The van der Waals surface area contributed by atoms with Crippen molar-refractivity contribution in [3.05, 3.63) is 0 Å². The molecule has 9 heteroatoms. The average Bonchev–Trinajstić information content (AvgIpc) is 2.94. The lowest BCUT2D eigenvalue weighted by Crippen LogP contribution is -2.59. The van der Waals surface area contributed by atoms with Crippen molar-refractivity contribution < 1.29 is 19.0 Å². The van der Waals surface area contributed by atoms with E-state index < -0.39 is 6.04 Å². The molecule has 136 valence electrons. The van der Waals surface area contributed by atoms with E-state index in [0.29, 0.717) is 11.0 Å². The number of carbonyl (C=O) groups excluding carboxylic acids is 3. The molecule has 2 heterocycles. The highest BCUT2D eigenvalue weighted by molar-refractivity contribution is 8.13.